The van der Waals surface area contributed by atoms with E-state index in [1.807, 2.05) is 4.90 Å². The molecule has 3 rings (SSSR count). The molecule has 24 heavy (non-hydrogen) atoms. The lowest BCUT2D eigenvalue weighted by atomic mass is 10.2. The third-order valence-corrected chi connectivity index (χ3v) is 5.01. The van der Waals surface area contributed by atoms with Gasteiger partial charge in [0.05, 0.1) is 25.9 Å². The Morgan fingerprint density at radius 2 is 2.21 bits per heavy atom. The number of carbonyl (C=O) groups excluding carboxylic acids is 1. The highest BCUT2D eigenvalue weighted by Crippen LogP contribution is 2.19. The number of hydrogen-bond donors (Lipinski definition) is 2. The highest BCUT2D eigenvalue weighted by Gasteiger charge is 2.36. The van der Waals surface area contributed by atoms with E-state index in [0.29, 0.717) is 38.0 Å². The third-order valence-electron chi connectivity index (χ3n) is 4.20. The lowest BCUT2D eigenvalue weighted by molar-refractivity contribution is -0.117. The maximum Gasteiger partial charge on any atom is 0.240 e. The van der Waals surface area contributed by atoms with Crippen LogP contribution in [-0.2, 0) is 20.9 Å². The number of rotatable bonds is 6. The van der Waals surface area contributed by atoms with E-state index in [4.69, 9.17) is 9.47 Å². The van der Waals surface area contributed by atoms with Crippen LogP contribution in [0.3, 0.4) is 0 Å². The van der Waals surface area contributed by atoms with E-state index in [2.05, 4.69) is 20.4 Å². The first-order chi connectivity index (χ1) is 11.7. The number of β-amino-alcohol motifs (C(OH)–C–C–N with tert-alkyl or cyclic N) is 1. The first kappa shape index (κ1) is 17.6. The van der Waals surface area contributed by atoms with Crippen molar-refractivity contribution in [3.05, 3.63) is 5.01 Å². The molecule has 0 aromatic carbocycles. The second kappa shape index (κ2) is 8.28. The van der Waals surface area contributed by atoms with Crippen molar-refractivity contribution in [3.8, 4) is 0 Å². The topological polar surface area (TPSA) is 100 Å². The number of methoxy groups -OCH3 is 1. The number of aliphatic hydroxyl groups is 1. The molecule has 0 radical (unpaired) electrons. The van der Waals surface area contributed by atoms with E-state index in [1.165, 1.54) is 11.3 Å². The summed E-state index contributed by atoms with van der Waals surface area (Å²) in [5, 5.41) is 22.1. The van der Waals surface area contributed by atoms with Crippen LogP contribution in [0, 0.1) is 0 Å². The van der Waals surface area contributed by atoms with Crippen LogP contribution in [-0.4, -0.2) is 96.2 Å². The van der Waals surface area contributed by atoms with Crippen molar-refractivity contribution in [3.63, 3.8) is 0 Å². The Morgan fingerprint density at radius 3 is 2.96 bits per heavy atom. The van der Waals surface area contributed by atoms with Gasteiger partial charge in [-0.25, -0.2) is 0 Å². The molecule has 2 saturated heterocycles. The molecular weight excluding hydrogens is 334 g/mol. The quantitative estimate of drug-likeness (QED) is 0.669. The second-order valence-corrected chi connectivity index (χ2v) is 7.02. The first-order valence-electron chi connectivity index (χ1n) is 7.99. The summed E-state index contributed by atoms with van der Waals surface area (Å²) in [6.45, 7) is 4.85. The molecule has 2 N–H and O–H groups in total. The molecule has 134 valence electrons. The van der Waals surface area contributed by atoms with Crippen LogP contribution in [0.2, 0.25) is 0 Å². The lowest BCUT2D eigenvalue weighted by Crippen LogP contribution is -2.49. The zero-order valence-corrected chi connectivity index (χ0v) is 14.5. The van der Waals surface area contributed by atoms with E-state index in [9.17, 15) is 9.90 Å². The number of amides is 1. The van der Waals surface area contributed by atoms with Crippen LogP contribution in [0.1, 0.15) is 5.01 Å². The van der Waals surface area contributed by atoms with E-state index in [-0.39, 0.29) is 18.5 Å². The summed E-state index contributed by atoms with van der Waals surface area (Å²) in [5.41, 5.74) is 0. The number of nitrogens with zero attached hydrogens (tertiary/aromatic N) is 4. The predicted octanol–water partition coefficient (Wildman–Crippen LogP) is -1.000. The molecule has 1 aromatic rings. The smallest absolute Gasteiger partial charge is 0.240 e. The minimum atomic E-state index is -0.439. The number of aromatic nitrogens is 2. The van der Waals surface area contributed by atoms with Gasteiger partial charge >= 0.3 is 0 Å². The molecule has 2 aliphatic rings. The molecule has 0 bridgehead atoms. The Bertz CT molecular complexity index is 551. The van der Waals surface area contributed by atoms with Crippen LogP contribution in [0.5, 0.6) is 0 Å². The molecule has 0 saturated carbocycles. The van der Waals surface area contributed by atoms with Crippen molar-refractivity contribution in [2.24, 2.45) is 0 Å². The average Bonchev–Trinajstić information content (AvgIpc) is 3.15. The molecule has 2 fully saturated rings. The Kier molecular flexibility index (Phi) is 6.09. The van der Waals surface area contributed by atoms with Gasteiger partial charge < -0.3 is 14.6 Å². The number of morpholine rings is 1. The SMILES string of the molecule is COCc1nnc(NC(=O)CN2C[C@H](O)[C@@H](N3CCOCC3)C2)s1. The maximum absolute atomic E-state index is 12.2. The molecule has 9 nitrogen and oxygen atoms in total. The fraction of sp³-hybridized carbons (Fsp3) is 0.786. The van der Waals surface area contributed by atoms with Crippen molar-refractivity contribution in [2.45, 2.75) is 18.8 Å². The Hall–Kier alpha value is -1.17. The first-order valence-corrected chi connectivity index (χ1v) is 8.80. The summed E-state index contributed by atoms with van der Waals surface area (Å²) in [4.78, 5) is 16.4. The third kappa shape index (κ3) is 4.47. The summed E-state index contributed by atoms with van der Waals surface area (Å²) in [6, 6.07) is 0.0662. The number of likely N-dealkylation sites (tertiary alicyclic amines) is 1. The molecule has 1 amide bonds. The number of aliphatic hydroxyl groups excluding tert-OH is 1. The molecule has 10 heteroatoms. The molecule has 0 unspecified atom stereocenters. The van der Waals surface area contributed by atoms with Gasteiger partial charge in [0.2, 0.25) is 11.0 Å². The molecule has 0 aliphatic carbocycles. The number of nitrogens with one attached hydrogen (secondary N) is 1. The van der Waals surface area contributed by atoms with Crippen LogP contribution < -0.4 is 5.32 Å². The molecule has 1 aromatic heterocycles. The van der Waals surface area contributed by atoms with Gasteiger partial charge in [-0.15, -0.1) is 10.2 Å². The zero-order valence-electron chi connectivity index (χ0n) is 13.7. The number of hydrogen-bond acceptors (Lipinski definition) is 9. The fourth-order valence-electron chi connectivity index (χ4n) is 3.09. The number of anilines is 1. The zero-order chi connectivity index (χ0) is 16.9. The summed E-state index contributed by atoms with van der Waals surface area (Å²) in [7, 11) is 1.59. The number of carbonyl (C=O) groups is 1. The highest BCUT2D eigenvalue weighted by molar-refractivity contribution is 7.15. The van der Waals surface area contributed by atoms with Gasteiger partial charge in [-0.1, -0.05) is 11.3 Å². The number of ether oxygens (including phenoxy) is 2. The maximum atomic E-state index is 12.2. The van der Waals surface area contributed by atoms with Crippen LogP contribution in [0.4, 0.5) is 5.13 Å². The predicted molar refractivity (Wildman–Crippen MR) is 87.9 cm³/mol. The standard InChI is InChI=1S/C14H23N5O4S/c1-22-9-13-16-17-14(24-13)15-12(21)8-18-6-10(11(20)7-18)19-2-4-23-5-3-19/h10-11,20H,2-9H2,1H3,(H,15,17,21)/t10-,11-/m0/s1. The Labute approximate surface area is 144 Å². The molecule has 3 heterocycles. The van der Waals surface area contributed by atoms with Crippen LogP contribution in [0.25, 0.3) is 0 Å². The van der Waals surface area contributed by atoms with Gasteiger partial charge in [0.25, 0.3) is 0 Å². The normalized spacial score (nSPS) is 25.9. The minimum Gasteiger partial charge on any atom is -0.390 e. The monoisotopic (exact) mass is 357 g/mol. The van der Waals surface area contributed by atoms with Crippen LogP contribution in [0.15, 0.2) is 0 Å². The van der Waals surface area contributed by atoms with Crippen molar-refractivity contribution in [1.29, 1.82) is 0 Å². The summed E-state index contributed by atoms with van der Waals surface area (Å²) >= 11 is 1.30. The molecule has 2 aliphatic heterocycles. The molecular formula is C14H23N5O4S. The molecule has 2 atom stereocenters. The van der Waals surface area contributed by atoms with E-state index in [0.717, 1.165) is 18.1 Å². The summed E-state index contributed by atoms with van der Waals surface area (Å²) in [5.74, 6) is -0.148. The molecule has 0 spiro atoms. The van der Waals surface area contributed by atoms with Gasteiger partial charge in [-0.05, 0) is 0 Å². The van der Waals surface area contributed by atoms with Crippen molar-refractivity contribution in [2.75, 3.05) is 58.4 Å². The minimum absolute atomic E-state index is 0.0662. The average molecular weight is 357 g/mol. The highest BCUT2D eigenvalue weighted by atomic mass is 32.1. The summed E-state index contributed by atoms with van der Waals surface area (Å²) < 4.78 is 10.3. The van der Waals surface area contributed by atoms with Gasteiger partial charge in [0.15, 0.2) is 0 Å². The Morgan fingerprint density at radius 1 is 1.42 bits per heavy atom. The Balaban J connectivity index is 1.47. The largest absolute Gasteiger partial charge is 0.390 e. The van der Waals surface area contributed by atoms with Crippen LogP contribution >= 0.6 is 11.3 Å². The van der Waals surface area contributed by atoms with E-state index >= 15 is 0 Å². The van der Waals surface area contributed by atoms with E-state index < -0.39 is 6.10 Å². The van der Waals surface area contributed by atoms with Crippen molar-refractivity contribution in [1.82, 2.24) is 20.0 Å². The van der Waals surface area contributed by atoms with E-state index in [1.54, 1.807) is 7.11 Å². The lowest BCUT2D eigenvalue weighted by Gasteiger charge is -2.33. The summed E-state index contributed by atoms with van der Waals surface area (Å²) in [6.07, 6.45) is -0.439. The van der Waals surface area contributed by atoms with Gasteiger partial charge in [-0.3, -0.25) is 19.9 Å². The fourth-order valence-corrected chi connectivity index (χ4v) is 3.82. The van der Waals surface area contributed by atoms with Crippen molar-refractivity contribution >= 4 is 22.4 Å². The van der Waals surface area contributed by atoms with Gasteiger partial charge in [0.1, 0.15) is 11.6 Å². The van der Waals surface area contributed by atoms with Gasteiger partial charge in [-0.2, -0.15) is 0 Å². The van der Waals surface area contributed by atoms with Gasteiger partial charge in [0, 0.05) is 39.3 Å². The van der Waals surface area contributed by atoms with Crippen molar-refractivity contribution < 1.29 is 19.4 Å². The second-order valence-electron chi connectivity index (χ2n) is 5.96.